The molecule has 0 aliphatic heterocycles. The Labute approximate surface area is 326 Å². The van der Waals surface area contributed by atoms with Gasteiger partial charge in [0.25, 0.3) is 0 Å². The maximum atomic E-state index is 13.3. The van der Waals surface area contributed by atoms with Gasteiger partial charge in [0.15, 0.2) is 0 Å². The van der Waals surface area contributed by atoms with Crippen molar-refractivity contribution in [3.63, 3.8) is 0 Å². The van der Waals surface area contributed by atoms with Crippen LogP contribution in [0, 0.1) is 22.7 Å². The quantitative estimate of drug-likeness (QED) is 0.0678. The summed E-state index contributed by atoms with van der Waals surface area (Å²) in [4.78, 5) is 0. The number of nitrogens with zero attached hydrogens (tertiary/aromatic N) is 2. The van der Waals surface area contributed by atoms with Gasteiger partial charge in [-0.25, -0.2) is 0 Å². The summed E-state index contributed by atoms with van der Waals surface area (Å²) in [6, 6.07) is 26.6. The number of rotatable bonds is 8. The van der Waals surface area contributed by atoms with Crippen molar-refractivity contribution in [2.75, 3.05) is 12.0 Å². The molecular weight excluding hydrogens is 807 g/mol. The third-order valence-corrected chi connectivity index (χ3v) is 11.0. The van der Waals surface area contributed by atoms with Crippen molar-refractivity contribution in [1.29, 1.82) is 10.5 Å². The number of nitriles is 2. The van der Waals surface area contributed by atoms with Gasteiger partial charge in [-0.3, -0.25) is 0 Å². The third-order valence-electron chi connectivity index (χ3n) is 9.15. The van der Waals surface area contributed by atoms with Crippen LogP contribution in [0.3, 0.4) is 0 Å². The maximum absolute atomic E-state index is 13.3. The van der Waals surface area contributed by atoms with E-state index in [1.165, 1.54) is 6.08 Å². The molecule has 5 rings (SSSR count). The van der Waals surface area contributed by atoms with Crippen molar-refractivity contribution in [3.05, 3.63) is 167 Å². The van der Waals surface area contributed by atoms with E-state index in [1.807, 2.05) is 30.3 Å². The zero-order chi connectivity index (χ0) is 43.2. The molecule has 0 saturated carbocycles. The monoisotopic (exact) mass is 836 g/mol. The SMILES string of the molecule is C[S+](=O)(CC=C(C#N)C#N)Cc1ccccc1.FC(F)(F)c1ccc([B-](c2ccc(C(F)(F)F)cc2)(c2ccc(C(F)(F)F)cc2)c2ccc(C(F)(F)F)cc2)cc1. The van der Waals surface area contributed by atoms with E-state index in [0.717, 1.165) is 54.1 Å². The van der Waals surface area contributed by atoms with Crippen LogP contribution in [0.15, 0.2) is 139 Å². The summed E-state index contributed by atoms with van der Waals surface area (Å²) in [7, 11) is -2.08. The zero-order valence-electron chi connectivity index (χ0n) is 29.9. The fourth-order valence-corrected chi connectivity index (χ4v) is 7.89. The first kappa shape index (κ1) is 44.9. The molecule has 0 saturated heterocycles. The molecular formula is C41H29BF12N2OS. The van der Waals surface area contributed by atoms with E-state index in [2.05, 4.69) is 0 Å². The molecule has 1 atom stereocenters. The van der Waals surface area contributed by atoms with Crippen LogP contribution < -0.4 is 21.9 Å². The normalized spacial score (nSPS) is 13.2. The average molecular weight is 837 g/mol. The summed E-state index contributed by atoms with van der Waals surface area (Å²) in [6.07, 6.45) is -18.9. The third kappa shape index (κ3) is 11.0. The molecule has 0 radical (unpaired) electrons. The van der Waals surface area contributed by atoms with Crippen molar-refractivity contribution in [2.24, 2.45) is 0 Å². The molecule has 58 heavy (non-hydrogen) atoms. The Morgan fingerprint density at radius 3 is 1.03 bits per heavy atom. The van der Waals surface area contributed by atoms with E-state index in [-0.39, 0.29) is 33.2 Å². The minimum absolute atomic E-state index is 0.0114. The Bertz CT molecular complexity index is 2070. The minimum Gasteiger partial charge on any atom is -0.195 e. The van der Waals surface area contributed by atoms with E-state index in [0.29, 0.717) is 54.3 Å². The van der Waals surface area contributed by atoms with Crippen LogP contribution in [-0.2, 0) is 44.6 Å². The number of hydrogen-bond acceptors (Lipinski definition) is 3. The molecule has 0 aliphatic carbocycles. The number of halogens is 12. The molecule has 1 unspecified atom stereocenters. The highest BCUT2D eigenvalue weighted by molar-refractivity contribution is 8.01. The van der Waals surface area contributed by atoms with Crippen LogP contribution in [0.4, 0.5) is 52.7 Å². The molecule has 0 N–H and O–H groups in total. The smallest absolute Gasteiger partial charge is 0.195 e. The number of hydrogen-bond donors (Lipinski definition) is 0. The molecule has 5 aromatic carbocycles. The molecule has 0 bridgehead atoms. The van der Waals surface area contributed by atoms with Crippen molar-refractivity contribution in [2.45, 2.75) is 30.5 Å². The van der Waals surface area contributed by atoms with Gasteiger partial charge in [0.1, 0.15) is 41.6 Å². The van der Waals surface area contributed by atoms with Gasteiger partial charge >= 0.3 is 24.7 Å². The average Bonchev–Trinajstić information content (AvgIpc) is 3.15. The Morgan fingerprint density at radius 1 is 0.517 bits per heavy atom. The fraction of sp³-hybridized carbons (Fsp3) is 0.171. The second-order valence-electron chi connectivity index (χ2n) is 13.2. The highest BCUT2D eigenvalue weighted by Crippen LogP contribution is 2.32. The minimum atomic E-state index is -4.77. The lowest BCUT2D eigenvalue weighted by Gasteiger charge is -2.44. The summed E-state index contributed by atoms with van der Waals surface area (Å²) in [5.74, 6) is 0.729. The van der Waals surface area contributed by atoms with Crippen LogP contribution in [0.5, 0.6) is 0 Å². The van der Waals surface area contributed by atoms with Gasteiger partial charge in [0.05, 0.1) is 32.2 Å². The molecule has 0 aliphatic rings. The summed E-state index contributed by atoms with van der Waals surface area (Å²) in [5.41, 5.74) is -3.27. The zero-order valence-corrected chi connectivity index (χ0v) is 30.8. The maximum Gasteiger partial charge on any atom is 0.416 e. The van der Waals surface area contributed by atoms with Gasteiger partial charge in [0, 0.05) is 5.56 Å². The van der Waals surface area contributed by atoms with Crippen molar-refractivity contribution >= 4 is 37.9 Å². The summed E-state index contributed by atoms with van der Waals surface area (Å²) >= 11 is 0. The van der Waals surface area contributed by atoms with Crippen LogP contribution in [0.2, 0.25) is 0 Å². The van der Waals surface area contributed by atoms with Crippen LogP contribution in [0.1, 0.15) is 27.8 Å². The topological polar surface area (TPSA) is 64.7 Å². The molecule has 0 aromatic heterocycles. The molecule has 0 amide bonds. The van der Waals surface area contributed by atoms with E-state index in [9.17, 15) is 56.9 Å². The van der Waals surface area contributed by atoms with Gasteiger partial charge in [0.2, 0.25) is 0 Å². The van der Waals surface area contributed by atoms with Crippen LogP contribution in [0.25, 0.3) is 0 Å². The standard InChI is InChI=1S/C28H16BF12.C13H13N2OS/c30-25(31,32)17-1-9-21(10-2-17)29(22-11-3-18(4-12-22)26(33,34)35,23-13-5-19(6-14-23)27(36,37)38)24-15-7-20(8-16-24)28(39,40)41;1-17(16,8-7-13(9-14)10-15)11-12-5-3-2-4-6-12/h1-16H;2-7H,8,11H2,1H3/q-1;+1. The number of allylic oxidation sites excluding steroid dienone is 1. The predicted molar refractivity (Wildman–Crippen MR) is 198 cm³/mol. The van der Waals surface area contributed by atoms with Crippen LogP contribution in [-0.4, -0.2) is 18.2 Å². The van der Waals surface area contributed by atoms with E-state index >= 15 is 0 Å². The van der Waals surface area contributed by atoms with Gasteiger partial charge in [-0.05, 0) is 6.08 Å². The molecule has 302 valence electrons. The lowest BCUT2D eigenvalue weighted by Crippen LogP contribution is -2.74. The highest BCUT2D eigenvalue weighted by Gasteiger charge is 2.38. The van der Waals surface area contributed by atoms with E-state index < -0.39 is 63.0 Å². The van der Waals surface area contributed by atoms with Crippen LogP contribution >= 0.6 is 0 Å². The molecule has 3 nitrogen and oxygen atoms in total. The first-order valence-corrected chi connectivity index (χ1v) is 19.1. The van der Waals surface area contributed by atoms with Gasteiger partial charge in [-0.15, -0.1) is 4.21 Å². The van der Waals surface area contributed by atoms with Crippen molar-refractivity contribution < 1.29 is 56.9 Å². The largest absolute Gasteiger partial charge is 0.416 e. The number of benzene rings is 5. The van der Waals surface area contributed by atoms with Gasteiger partial charge < -0.3 is 0 Å². The Hall–Kier alpha value is -5.81. The van der Waals surface area contributed by atoms with Gasteiger partial charge in [-0.1, -0.05) is 127 Å². The Kier molecular flexibility index (Phi) is 13.4. The molecule has 5 aromatic rings. The fourth-order valence-electron chi connectivity index (χ4n) is 6.36. The summed E-state index contributed by atoms with van der Waals surface area (Å²) in [5, 5.41) is 17.2. The summed E-state index contributed by atoms with van der Waals surface area (Å²) < 4.78 is 172. The molecule has 0 heterocycles. The lowest BCUT2D eigenvalue weighted by molar-refractivity contribution is -0.138. The van der Waals surface area contributed by atoms with E-state index in [1.54, 1.807) is 18.4 Å². The highest BCUT2D eigenvalue weighted by atomic mass is 32.2. The second kappa shape index (κ2) is 17.4. The molecule has 17 heteroatoms. The first-order valence-electron chi connectivity index (χ1n) is 16.8. The second-order valence-corrected chi connectivity index (χ2v) is 16.2. The lowest BCUT2D eigenvalue weighted by atomic mass is 9.13. The first-order chi connectivity index (χ1) is 26.9. The molecule has 0 fully saturated rings. The Morgan fingerprint density at radius 2 is 0.793 bits per heavy atom. The Balaban J connectivity index is 0.000000366. The van der Waals surface area contributed by atoms with E-state index in [4.69, 9.17) is 10.5 Å². The number of alkyl halides is 12. The molecule has 0 spiro atoms. The van der Waals surface area contributed by atoms with Crippen molar-refractivity contribution in [1.82, 2.24) is 0 Å². The predicted octanol–water partition coefficient (Wildman–Crippen LogP) is 9.43. The summed E-state index contributed by atoms with van der Waals surface area (Å²) in [6.45, 7) is 0. The van der Waals surface area contributed by atoms with Gasteiger partial charge in [-0.2, -0.15) is 85.1 Å². The van der Waals surface area contributed by atoms with Crippen molar-refractivity contribution in [3.8, 4) is 12.1 Å².